The molecule has 0 aliphatic heterocycles. The molecule has 1 aromatic carbocycles. The first-order chi connectivity index (χ1) is 9.85. The minimum absolute atomic E-state index is 0.250. The Morgan fingerprint density at radius 3 is 2.19 bits per heavy atom. The Morgan fingerprint density at radius 2 is 1.71 bits per heavy atom. The van der Waals surface area contributed by atoms with Crippen molar-refractivity contribution in [1.29, 1.82) is 0 Å². The van der Waals surface area contributed by atoms with Gasteiger partial charge in [0.15, 0.2) is 0 Å². The first-order valence-electron chi connectivity index (χ1n) is 6.28. The zero-order chi connectivity index (χ0) is 15.5. The van der Waals surface area contributed by atoms with E-state index in [1.54, 1.807) is 0 Å². The first-order valence-corrected chi connectivity index (χ1v) is 6.81. The van der Waals surface area contributed by atoms with Crippen LogP contribution in [0.1, 0.15) is 18.1 Å². The van der Waals surface area contributed by atoms with E-state index in [-0.39, 0.29) is 5.88 Å². The van der Waals surface area contributed by atoms with E-state index >= 15 is 0 Å². The van der Waals surface area contributed by atoms with Gasteiger partial charge in [-0.05, 0) is 24.6 Å². The van der Waals surface area contributed by atoms with Crippen molar-refractivity contribution in [3.05, 3.63) is 59.8 Å². The zero-order valence-corrected chi connectivity index (χ0v) is 12.0. The Morgan fingerprint density at radius 1 is 1.05 bits per heavy atom. The third-order valence-electron chi connectivity index (χ3n) is 3.17. The third kappa shape index (κ3) is 3.67. The maximum absolute atomic E-state index is 12.5. The molecule has 0 amide bonds. The molecule has 0 fully saturated rings. The highest BCUT2D eigenvalue weighted by Gasteiger charge is 2.31. The smallest absolute Gasteiger partial charge is 0.360 e. The highest BCUT2D eigenvalue weighted by Crippen LogP contribution is 2.30. The largest absolute Gasteiger partial charge is 0.417 e. The molecular formula is C15H14ClF3N2. The lowest BCUT2D eigenvalue weighted by molar-refractivity contribution is -0.137. The number of benzene rings is 1. The number of nitrogens with zero attached hydrogens (tertiary/aromatic N) is 1. The standard InChI is InChI=1S/C15H14ClF3N2/c1-14(10-16,11-5-3-2-4-6-11)21-13-8-7-12(9-20-13)15(17,18)19/h2-9H,10H2,1H3,(H,20,21). The number of hydrogen-bond donors (Lipinski definition) is 1. The van der Waals surface area contributed by atoms with E-state index in [0.29, 0.717) is 5.82 Å². The van der Waals surface area contributed by atoms with Gasteiger partial charge in [-0.15, -0.1) is 11.6 Å². The van der Waals surface area contributed by atoms with Crippen LogP contribution in [0.4, 0.5) is 19.0 Å². The number of rotatable bonds is 4. The monoisotopic (exact) mass is 314 g/mol. The summed E-state index contributed by atoms with van der Waals surface area (Å²) in [5.74, 6) is 0.592. The molecule has 6 heteroatoms. The molecule has 1 heterocycles. The summed E-state index contributed by atoms with van der Waals surface area (Å²) in [5, 5.41) is 3.09. The maximum Gasteiger partial charge on any atom is 0.417 e. The number of aromatic nitrogens is 1. The Hall–Kier alpha value is -1.75. The molecule has 0 spiro atoms. The van der Waals surface area contributed by atoms with Crippen LogP contribution in [-0.4, -0.2) is 10.9 Å². The number of halogens is 4. The predicted octanol–water partition coefficient (Wildman–Crippen LogP) is 4.67. The van der Waals surface area contributed by atoms with Crippen molar-refractivity contribution in [1.82, 2.24) is 4.98 Å². The third-order valence-corrected chi connectivity index (χ3v) is 3.71. The Kier molecular flexibility index (Phi) is 4.42. The lowest BCUT2D eigenvalue weighted by Crippen LogP contribution is -2.34. The van der Waals surface area contributed by atoms with Crippen LogP contribution in [0.5, 0.6) is 0 Å². The molecule has 0 saturated carbocycles. The van der Waals surface area contributed by atoms with Crippen LogP contribution in [0.2, 0.25) is 0 Å². The van der Waals surface area contributed by atoms with Crippen molar-refractivity contribution in [2.45, 2.75) is 18.6 Å². The second kappa shape index (κ2) is 5.93. The van der Waals surface area contributed by atoms with Crippen LogP contribution < -0.4 is 5.32 Å². The fraction of sp³-hybridized carbons (Fsp3) is 0.267. The van der Waals surface area contributed by atoms with E-state index in [4.69, 9.17) is 11.6 Å². The van der Waals surface area contributed by atoms with Crippen molar-refractivity contribution in [2.75, 3.05) is 11.2 Å². The molecule has 0 aliphatic carbocycles. The van der Waals surface area contributed by atoms with Crippen molar-refractivity contribution in [2.24, 2.45) is 0 Å². The molecule has 1 aromatic heterocycles. The van der Waals surface area contributed by atoms with E-state index in [0.717, 1.165) is 17.8 Å². The molecule has 1 unspecified atom stereocenters. The number of pyridine rings is 1. The van der Waals surface area contributed by atoms with Gasteiger partial charge >= 0.3 is 6.18 Å². The topological polar surface area (TPSA) is 24.9 Å². The van der Waals surface area contributed by atoms with Crippen molar-refractivity contribution >= 4 is 17.4 Å². The van der Waals surface area contributed by atoms with Crippen molar-refractivity contribution < 1.29 is 13.2 Å². The van der Waals surface area contributed by atoms with Gasteiger partial charge in [-0.1, -0.05) is 30.3 Å². The Labute approximate surface area is 126 Å². The fourth-order valence-corrected chi connectivity index (χ4v) is 2.13. The lowest BCUT2D eigenvalue weighted by Gasteiger charge is -2.30. The SMILES string of the molecule is CC(CCl)(Nc1ccc(C(F)(F)F)cn1)c1ccccc1. The average Bonchev–Trinajstić information content (AvgIpc) is 2.47. The second-order valence-corrected chi connectivity index (χ2v) is 5.15. The number of hydrogen-bond acceptors (Lipinski definition) is 2. The van der Waals surface area contributed by atoms with Crippen LogP contribution in [0.15, 0.2) is 48.7 Å². The quantitative estimate of drug-likeness (QED) is 0.830. The fourth-order valence-electron chi connectivity index (χ4n) is 1.91. The molecule has 1 N–H and O–H groups in total. The van der Waals surface area contributed by atoms with Gasteiger partial charge in [0.05, 0.1) is 11.1 Å². The lowest BCUT2D eigenvalue weighted by atomic mass is 9.94. The molecule has 2 aromatic rings. The summed E-state index contributed by atoms with van der Waals surface area (Å²) < 4.78 is 37.5. The molecule has 0 bridgehead atoms. The Balaban J connectivity index is 2.23. The zero-order valence-electron chi connectivity index (χ0n) is 11.3. The second-order valence-electron chi connectivity index (χ2n) is 4.89. The molecule has 0 saturated heterocycles. The summed E-state index contributed by atoms with van der Waals surface area (Å²) in [6.07, 6.45) is -3.58. The van der Waals surface area contributed by atoms with Crippen LogP contribution >= 0.6 is 11.6 Å². The van der Waals surface area contributed by atoms with Gasteiger partial charge in [0, 0.05) is 12.1 Å². The molecule has 0 radical (unpaired) electrons. The molecule has 21 heavy (non-hydrogen) atoms. The van der Waals surface area contributed by atoms with E-state index in [9.17, 15) is 13.2 Å². The van der Waals surface area contributed by atoms with Gasteiger partial charge < -0.3 is 5.32 Å². The summed E-state index contributed by atoms with van der Waals surface area (Å²) in [4.78, 5) is 3.81. The molecule has 0 aliphatic rings. The van der Waals surface area contributed by atoms with Crippen LogP contribution in [0.3, 0.4) is 0 Å². The predicted molar refractivity (Wildman–Crippen MR) is 77.4 cm³/mol. The van der Waals surface area contributed by atoms with Gasteiger partial charge in [-0.3, -0.25) is 0 Å². The summed E-state index contributed by atoms with van der Waals surface area (Å²) in [5.41, 5.74) is -0.461. The highest BCUT2D eigenvalue weighted by molar-refractivity contribution is 6.18. The van der Waals surface area contributed by atoms with E-state index < -0.39 is 17.3 Å². The molecule has 2 rings (SSSR count). The number of anilines is 1. The summed E-state index contributed by atoms with van der Waals surface area (Å²) in [6, 6.07) is 11.7. The van der Waals surface area contributed by atoms with Crippen molar-refractivity contribution in [3.63, 3.8) is 0 Å². The first kappa shape index (κ1) is 15.6. The van der Waals surface area contributed by atoms with Gasteiger partial charge in [0.2, 0.25) is 0 Å². The molecule has 2 nitrogen and oxygen atoms in total. The van der Waals surface area contributed by atoms with Crippen LogP contribution in [-0.2, 0) is 11.7 Å². The summed E-state index contributed by atoms with van der Waals surface area (Å²) >= 11 is 6.03. The van der Waals surface area contributed by atoms with E-state index in [2.05, 4.69) is 10.3 Å². The summed E-state index contributed by atoms with van der Waals surface area (Å²) in [6.45, 7) is 1.87. The summed E-state index contributed by atoms with van der Waals surface area (Å²) in [7, 11) is 0. The van der Waals surface area contributed by atoms with E-state index in [1.807, 2.05) is 37.3 Å². The number of nitrogens with one attached hydrogen (secondary N) is 1. The van der Waals surface area contributed by atoms with Gasteiger partial charge in [0.25, 0.3) is 0 Å². The Bertz CT molecular complexity index is 584. The van der Waals surface area contributed by atoms with E-state index in [1.165, 1.54) is 6.07 Å². The minimum Gasteiger partial charge on any atom is -0.360 e. The normalized spacial score (nSPS) is 14.5. The molecule has 112 valence electrons. The van der Waals surface area contributed by atoms with Crippen LogP contribution in [0, 0.1) is 0 Å². The number of alkyl halides is 4. The minimum atomic E-state index is -4.39. The van der Waals surface area contributed by atoms with Crippen LogP contribution in [0.25, 0.3) is 0 Å². The molecule has 1 atom stereocenters. The van der Waals surface area contributed by atoms with Gasteiger partial charge in [0.1, 0.15) is 5.82 Å². The van der Waals surface area contributed by atoms with Gasteiger partial charge in [-0.25, -0.2) is 4.98 Å². The van der Waals surface area contributed by atoms with Crippen molar-refractivity contribution in [3.8, 4) is 0 Å². The maximum atomic E-state index is 12.5. The van der Waals surface area contributed by atoms with Gasteiger partial charge in [-0.2, -0.15) is 13.2 Å². The highest BCUT2D eigenvalue weighted by atomic mass is 35.5. The average molecular weight is 315 g/mol. The molecular weight excluding hydrogens is 301 g/mol.